The van der Waals surface area contributed by atoms with Gasteiger partial charge in [0.2, 0.25) is 0 Å². The van der Waals surface area contributed by atoms with Crippen molar-refractivity contribution in [2.45, 2.75) is 20.3 Å². The molecule has 82 valence electrons. The first-order chi connectivity index (χ1) is 6.99. The van der Waals surface area contributed by atoms with Crippen molar-refractivity contribution in [3.8, 4) is 0 Å². The van der Waals surface area contributed by atoms with Crippen LogP contribution in [0.2, 0.25) is 0 Å². The highest BCUT2D eigenvalue weighted by molar-refractivity contribution is 7.12. The van der Waals surface area contributed by atoms with Gasteiger partial charge in [-0.3, -0.25) is 4.79 Å². The molecule has 1 saturated heterocycles. The second kappa shape index (κ2) is 3.52. The number of hydrogen-bond donors (Lipinski definition) is 1. The number of likely N-dealkylation sites (tertiary alicyclic amines) is 1. The third kappa shape index (κ3) is 2.00. The van der Waals surface area contributed by atoms with Crippen LogP contribution in [0.15, 0.2) is 11.4 Å². The quantitative estimate of drug-likeness (QED) is 0.795. The zero-order valence-corrected chi connectivity index (χ0v) is 9.93. The van der Waals surface area contributed by atoms with E-state index in [0.29, 0.717) is 10.6 Å². The van der Waals surface area contributed by atoms with Gasteiger partial charge >= 0.3 is 0 Å². The molecule has 1 aromatic heterocycles. The molecule has 1 fully saturated rings. The van der Waals surface area contributed by atoms with Crippen LogP contribution in [0.5, 0.6) is 0 Å². The number of nitrogen functional groups attached to an aromatic ring is 1. The summed E-state index contributed by atoms with van der Waals surface area (Å²) in [6.07, 6.45) is 1.07. The number of carbonyl (C=O) groups excluding carboxylic acids is 1. The van der Waals surface area contributed by atoms with Gasteiger partial charge in [-0.05, 0) is 23.3 Å². The first kappa shape index (κ1) is 10.5. The predicted octanol–water partition coefficient (Wildman–Crippen LogP) is 2.20. The fraction of sp³-hybridized carbons (Fsp3) is 0.545. The molecule has 2 rings (SSSR count). The van der Waals surface area contributed by atoms with Gasteiger partial charge in [-0.15, -0.1) is 11.3 Å². The van der Waals surface area contributed by atoms with Gasteiger partial charge in [0, 0.05) is 13.1 Å². The maximum Gasteiger partial charge on any atom is 0.266 e. The van der Waals surface area contributed by atoms with Gasteiger partial charge in [0.1, 0.15) is 4.88 Å². The molecule has 1 aliphatic rings. The lowest BCUT2D eigenvalue weighted by Gasteiger charge is -2.19. The SMILES string of the molecule is CC1(C)CCN(C(=O)c2sccc2N)C1. The average molecular weight is 224 g/mol. The first-order valence-corrected chi connectivity index (χ1v) is 6.00. The van der Waals surface area contributed by atoms with E-state index in [9.17, 15) is 4.79 Å². The van der Waals surface area contributed by atoms with Crippen LogP contribution in [0, 0.1) is 5.41 Å². The number of rotatable bonds is 1. The van der Waals surface area contributed by atoms with Gasteiger partial charge in [0.15, 0.2) is 0 Å². The third-order valence-corrected chi connectivity index (χ3v) is 3.77. The fourth-order valence-corrected chi connectivity index (χ4v) is 2.71. The number of hydrogen-bond acceptors (Lipinski definition) is 3. The van der Waals surface area contributed by atoms with Crippen LogP contribution in [0.3, 0.4) is 0 Å². The van der Waals surface area contributed by atoms with E-state index in [2.05, 4.69) is 13.8 Å². The molecule has 0 spiro atoms. The normalized spacial score (nSPS) is 19.5. The summed E-state index contributed by atoms with van der Waals surface area (Å²) in [7, 11) is 0. The Labute approximate surface area is 93.9 Å². The Balaban J connectivity index is 2.14. The van der Waals surface area contributed by atoms with Crippen molar-refractivity contribution in [1.82, 2.24) is 4.90 Å². The lowest BCUT2D eigenvalue weighted by molar-refractivity contribution is 0.0784. The molecular formula is C11H16N2OS. The van der Waals surface area contributed by atoms with Crippen molar-refractivity contribution in [2.24, 2.45) is 5.41 Å². The van der Waals surface area contributed by atoms with Crippen LogP contribution in [-0.2, 0) is 0 Å². The van der Waals surface area contributed by atoms with Crippen molar-refractivity contribution in [3.63, 3.8) is 0 Å². The number of carbonyl (C=O) groups is 1. The summed E-state index contributed by atoms with van der Waals surface area (Å²) >= 11 is 1.43. The molecule has 2 N–H and O–H groups in total. The van der Waals surface area contributed by atoms with Gasteiger partial charge < -0.3 is 10.6 Å². The molecule has 0 unspecified atom stereocenters. The van der Waals surface area contributed by atoms with Crippen LogP contribution in [0.1, 0.15) is 29.9 Å². The molecule has 0 saturated carbocycles. The number of amides is 1. The summed E-state index contributed by atoms with van der Waals surface area (Å²) in [6.45, 7) is 6.07. The number of thiophene rings is 1. The van der Waals surface area contributed by atoms with Gasteiger partial charge in [-0.1, -0.05) is 13.8 Å². The summed E-state index contributed by atoms with van der Waals surface area (Å²) in [5, 5.41) is 1.86. The van der Waals surface area contributed by atoms with E-state index in [1.54, 1.807) is 6.07 Å². The van der Waals surface area contributed by atoms with E-state index < -0.39 is 0 Å². The molecule has 1 aromatic rings. The van der Waals surface area contributed by atoms with Crippen molar-refractivity contribution in [3.05, 3.63) is 16.3 Å². The summed E-state index contributed by atoms with van der Waals surface area (Å²) in [5.41, 5.74) is 6.60. The van der Waals surface area contributed by atoms with E-state index in [1.165, 1.54) is 11.3 Å². The maximum atomic E-state index is 12.1. The van der Waals surface area contributed by atoms with Crippen LogP contribution in [-0.4, -0.2) is 23.9 Å². The van der Waals surface area contributed by atoms with Crippen molar-refractivity contribution in [1.29, 1.82) is 0 Å². The molecular weight excluding hydrogens is 208 g/mol. The maximum absolute atomic E-state index is 12.1. The van der Waals surface area contributed by atoms with Crippen molar-refractivity contribution in [2.75, 3.05) is 18.8 Å². The van der Waals surface area contributed by atoms with Crippen molar-refractivity contribution >= 4 is 22.9 Å². The topological polar surface area (TPSA) is 46.3 Å². The lowest BCUT2D eigenvalue weighted by Crippen LogP contribution is -2.30. The molecule has 0 aliphatic carbocycles. The molecule has 4 heteroatoms. The predicted molar refractivity (Wildman–Crippen MR) is 63.0 cm³/mol. The Bertz CT molecular complexity index is 384. The first-order valence-electron chi connectivity index (χ1n) is 5.12. The second-order valence-electron chi connectivity index (χ2n) is 4.85. The molecule has 0 aromatic carbocycles. The molecule has 1 aliphatic heterocycles. The molecule has 0 radical (unpaired) electrons. The summed E-state index contributed by atoms with van der Waals surface area (Å²) in [4.78, 5) is 14.7. The third-order valence-electron chi connectivity index (χ3n) is 2.85. The zero-order valence-electron chi connectivity index (χ0n) is 9.12. The minimum atomic E-state index is 0.0908. The van der Waals surface area contributed by atoms with Crippen LogP contribution in [0.4, 0.5) is 5.69 Å². The smallest absolute Gasteiger partial charge is 0.266 e. The highest BCUT2D eigenvalue weighted by atomic mass is 32.1. The van der Waals surface area contributed by atoms with Crippen LogP contribution >= 0.6 is 11.3 Å². The Morgan fingerprint density at radius 1 is 1.60 bits per heavy atom. The Hall–Kier alpha value is -1.03. The number of nitrogens with two attached hydrogens (primary N) is 1. The van der Waals surface area contributed by atoms with Gasteiger partial charge in [-0.2, -0.15) is 0 Å². The highest BCUT2D eigenvalue weighted by Crippen LogP contribution is 2.31. The fourth-order valence-electron chi connectivity index (χ4n) is 1.92. The van der Waals surface area contributed by atoms with Gasteiger partial charge in [0.25, 0.3) is 5.91 Å². The van der Waals surface area contributed by atoms with Crippen molar-refractivity contribution < 1.29 is 4.79 Å². The molecule has 1 amide bonds. The highest BCUT2D eigenvalue weighted by Gasteiger charge is 2.33. The molecule has 0 atom stereocenters. The van der Waals surface area contributed by atoms with E-state index >= 15 is 0 Å². The minimum absolute atomic E-state index is 0.0908. The van der Waals surface area contributed by atoms with E-state index in [-0.39, 0.29) is 11.3 Å². The van der Waals surface area contributed by atoms with Gasteiger partial charge in [-0.25, -0.2) is 0 Å². The molecule has 3 nitrogen and oxygen atoms in total. The molecule has 15 heavy (non-hydrogen) atoms. The summed E-state index contributed by atoms with van der Waals surface area (Å²) < 4.78 is 0. The Morgan fingerprint density at radius 2 is 2.33 bits per heavy atom. The van der Waals surface area contributed by atoms with Crippen LogP contribution < -0.4 is 5.73 Å². The summed E-state index contributed by atoms with van der Waals surface area (Å²) in [6, 6.07) is 1.79. The van der Waals surface area contributed by atoms with E-state index in [1.807, 2.05) is 10.3 Å². The Kier molecular flexibility index (Phi) is 2.46. The lowest BCUT2D eigenvalue weighted by atomic mass is 9.93. The Morgan fingerprint density at radius 3 is 2.80 bits per heavy atom. The van der Waals surface area contributed by atoms with E-state index in [4.69, 9.17) is 5.73 Å². The monoisotopic (exact) mass is 224 g/mol. The minimum Gasteiger partial charge on any atom is -0.397 e. The number of anilines is 1. The number of nitrogens with zero attached hydrogens (tertiary/aromatic N) is 1. The molecule has 2 heterocycles. The van der Waals surface area contributed by atoms with Gasteiger partial charge in [0.05, 0.1) is 5.69 Å². The molecule has 0 bridgehead atoms. The second-order valence-corrected chi connectivity index (χ2v) is 5.76. The summed E-state index contributed by atoms with van der Waals surface area (Å²) in [5.74, 6) is 0.0908. The van der Waals surface area contributed by atoms with Crippen LogP contribution in [0.25, 0.3) is 0 Å². The average Bonchev–Trinajstić information content (AvgIpc) is 2.71. The standard InChI is InChI=1S/C11H16N2OS/c1-11(2)4-5-13(7-11)10(14)9-8(12)3-6-15-9/h3,6H,4-5,7,12H2,1-2H3. The zero-order chi connectivity index (χ0) is 11.1. The largest absolute Gasteiger partial charge is 0.397 e. The van der Waals surface area contributed by atoms with E-state index in [0.717, 1.165) is 19.5 Å².